The Morgan fingerprint density at radius 3 is 2.50 bits per heavy atom. The fourth-order valence-electron chi connectivity index (χ4n) is 1.88. The first-order valence-corrected chi connectivity index (χ1v) is 6.32. The lowest BCUT2D eigenvalue weighted by Crippen LogP contribution is -2.12. The Morgan fingerprint density at radius 2 is 1.90 bits per heavy atom. The molecule has 0 aliphatic heterocycles. The predicted octanol–water partition coefficient (Wildman–Crippen LogP) is 3.92. The smallest absolute Gasteiger partial charge is 0.337 e. The first-order valence-electron chi connectivity index (χ1n) is 5.56. The van der Waals surface area contributed by atoms with Crippen LogP contribution in [0.5, 0.6) is 0 Å². The van der Waals surface area contributed by atoms with E-state index >= 15 is 0 Å². The van der Waals surface area contributed by atoms with Crippen LogP contribution in [0, 0.1) is 5.82 Å². The minimum atomic E-state index is -1.84. The van der Waals surface area contributed by atoms with Gasteiger partial charge in [-0.05, 0) is 18.2 Å². The van der Waals surface area contributed by atoms with Gasteiger partial charge in [-0.2, -0.15) is 0 Å². The maximum atomic E-state index is 14.0. The van der Waals surface area contributed by atoms with Gasteiger partial charge in [-0.25, -0.2) is 9.18 Å². The Balaban J connectivity index is 2.69. The predicted molar refractivity (Wildman–Crippen MR) is 74.5 cm³/mol. The summed E-state index contributed by atoms with van der Waals surface area (Å²) in [4.78, 5) is 10.9. The van der Waals surface area contributed by atoms with Crippen LogP contribution in [0.15, 0.2) is 36.4 Å². The summed E-state index contributed by atoms with van der Waals surface area (Å²) < 4.78 is 14.0. The van der Waals surface area contributed by atoms with Crippen molar-refractivity contribution in [2.45, 2.75) is 6.10 Å². The number of halogens is 3. The summed E-state index contributed by atoms with van der Waals surface area (Å²) >= 11 is 11.8. The van der Waals surface area contributed by atoms with Gasteiger partial charge in [0.1, 0.15) is 5.82 Å². The zero-order chi connectivity index (χ0) is 14.9. The fourth-order valence-corrected chi connectivity index (χ4v) is 2.38. The lowest BCUT2D eigenvalue weighted by atomic mass is 9.95. The van der Waals surface area contributed by atoms with Crippen molar-refractivity contribution in [3.63, 3.8) is 0 Å². The molecule has 0 fully saturated rings. The van der Waals surface area contributed by atoms with Crippen LogP contribution in [-0.4, -0.2) is 16.2 Å². The second-order valence-corrected chi connectivity index (χ2v) is 4.91. The summed E-state index contributed by atoms with van der Waals surface area (Å²) in [6.45, 7) is 0. The molecule has 0 spiro atoms. The molecule has 0 radical (unpaired) electrons. The highest BCUT2D eigenvalue weighted by Gasteiger charge is 2.23. The van der Waals surface area contributed by atoms with Crippen molar-refractivity contribution in [3.05, 3.63) is 57.8 Å². The molecule has 0 heterocycles. The number of hydrogen-bond donors (Lipinski definition) is 2. The topological polar surface area (TPSA) is 57.5 Å². The Bertz CT molecular complexity index is 673. The normalized spacial score (nSPS) is 12.2. The van der Waals surface area contributed by atoms with Gasteiger partial charge in [-0.3, -0.25) is 0 Å². The third-order valence-electron chi connectivity index (χ3n) is 2.77. The second kappa shape index (κ2) is 5.79. The number of aliphatic carboxylic acids is 1. The molecule has 3 nitrogen and oxygen atoms in total. The van der Waals surface area contributed by atoms with Gasteiger partial charge in [0.2, 0.25) is 0 Å². The average Bonchev–Trinajstić information content (AvgIpc) is 2.38. The van der Waals surface area contributed by atoms with E-state index < -0.39 is 17.9 Å². The molecular formula is C14H9Cl2FO3. The van der Waals surface area contributed by atoms with Crippen molar-refractivity contribution in [1.29, 1.82) is 0 Å². The van der Waals surface area contributed by atoms with Crippen LogP contribution in [-0.2, 0) is 4.79 Å². The monoisotopic (exact) mass is 314 g/mol. The van der Waals surface area contributed by atoms with Gasteiger partial charge in [0.25, 0.3) is 0 Å². The van der Waals surface area contributed by atoms with E-state index in [2.05, 4.69) is 0 Å². The van der Waals surface area contributed by atoms with E-state index in [1.807, 2.05) is 0 Å². The van der Waals surface area contributed by atoms with Crippen molar-refractivity contribution in [3.8, 4) is 11.1 Å². The molecular weight excluding hydrogens is 306 g/mol. The number of aliphatic hydroxyl groups is 1. The van der Waals surface area contributed by atoms with Crippen molar-refractivity contribution in [2.24, 2.45) is 0 Å². The van der Waals surface area contributed by atoms with Crippen LogP contribution in [0.2, 0.25) is 10.0 Å². The largest absolute Gasteiger partial charge is 0.479 e. The molecule has 0 aliphatic carbocycles. The van der Waals surface area contributed by atoms with Gasteiger partial charge in [0.15, 0.2) is 6.10 Å². The summed E-state index contributed by atoms with van der Waals surface area (Å²) in [6, 6.07) is 8.22. The summed E-state index contributed by atoms with van der Waals surface area (Å²) in [5.74, 6) is -2.14. The minimum Gasteiger partial charge on any atom is -0.479 e. The number of benzene rings is 2. The Morgan fingerprint density at radius 1 is 1.20 bits per heavy atom. The zero-order valence-corrected chi connectivity index (χ0v) is 11.5. The number of hydrogen-bond acceptors (Lipinski definition) is 2. The molecule has 2 aromatic carbocycles. The Labute approximate surface area is 124 Å². The van der Waals surface area contributed by atoms with Gasteiger partial charge in [0, 0.05) is 26.7 Å². The van der Waals surface area contributed by atoms with Crippen LogP contribution < -0.4 is 0 Å². The van der Waals surface area contributed by atoms with E-state index in [1.165, 1.54) is 36.4 Å². The maximum absolute atomic E-state index is 14.0. The first-order chi connectivity index (χ1) is 9.41. The van der Waals surface area contributed by atoms with Gasteiger partial charge in [0.05, 0.1) is 0 Å². The summed E-state index contributed by atoms with van der Waals surface area (Å²) in [5.41, 5.74) is 0.148. The molecule has 0 aliphatic rings. The number of rotatable bonds is 3. The maximum Gasteiger partial charge on any atom is 0.337 e. The standard InChI is InChI=1S/C14H9Cl2FO3/c15-7-4-5-8(10(16)6-7)12-9(13(18)14(19)20)2-1-3-11(12)17/h1-6,13,18H,(H,19,20). The van der Waals surface area contributed by atoms with Gasteiger partial charge in [-0.1, -0.05) is 41.4 Å². The van der Waals surface area contributed by atoms with E-state index in [1.54, 1.807) is 0 Å². The quantitative estimate of drug-likeness (QED) is 0.902. The molecule has 2 N–H and O–H groups in total. The molecule has 0 aromatic heterocycles. The summed E-state index contributed by atoms with van der Waals surface area (Å²) in [7, 11) is 0. The Kier molecular flexibility index (Phi) is 4.28. The van der Waals surface area contributed by atoms with Crippen LogP contribution in [0.3, 0.4) is 0 Å². The third-order valence-corrected chi connectivity index (χ3v) is 3.32. The molecule has 6 heteroatoms. The summed E-state index contributed by atoms with van der Waals surface area (Å²) in [5, 5.41) is 19.1. The highest BCUT2D eigenvalue weighted by molar-refractivity contribution is 6.36. The van der Waals surface area contributed by atoms with Crippen molar-refractivity contribution in [2.75, 3.05) is 0 Å². The minimum absolute atomic E-state index is 0.0518. The molecule has 2 aromatic rings. The molecule has 1 unspecified atom stereocenters. The van der Waals surface area contributed by atoms with E-state index in [-0.39, 0.29) is 21.7 Å². The average molecular weight is 315 g/mol. The number of aliphatic hydroxyl groups excluding tert-OH is 1. The van der Waals surface area contributed by atoms with Crippen molar-refractivity contribution >= 4 is 29.2 Å². The molecule has 0 saturated heterocycles. The lowest BCUT2D eigenvalue weighted by molar-refractivity contribution is -0.146. The van der Waals surface area contributed by atoms with E-state index in [4.69, 9.17) is 28.3 Å². The summed E-state index contributed by atoms with van der Waals surface area (Å²) in [6.07, 6.45) is -1.84. The molecule has 0 bridgehead atoms. The van der Waals surface area contributed by atoms with E-state index in [0.717, 1.165) is 0 Å². The second-order valence-electron chi connectivity index (χ2n) is 4.07. The molecule has 104 valence electrons. The van der Waals surface area contributed by atoms with Crippen LogP contribution in [0.25, 0.3) is 11.1 Å². The molecule has 1 atom stereocenters. The van der Waals surface area contributed by atoms with E-state index in [9.17, 15) is 14.3 Å². The van der Waals surface area contributed by atoms with Gasteiger partial charge >= 0.3 is 5.97 Å². The van der Waals surface area contributed by atoms with Gasteiger partial charge < -0.3 is 10.2 Å². The van der Waals surface area contributed by atoms with E-state index in [0.29, 0.717) is 5.02 Å². The highest BCUT2D eigenvalue weighted by Crippen LogP contribution is 2.36. The highest BCUT2D eigenvalue weighted by atomic mass is 35.5. The number of carboxylic acids is 1. The van der Waals surface area contributed by atoms with Crippen LogP contribution in [0.1, 0.15) is 11.7 Å². The lowest BCUT2D eigenvalue weighted by Gasteiger charge is -2.14. The fraction of sp³-hybridized carbons (Fsp3) is 0.0714. The third kappa shape index (κ3) is 2.77. The number of carbonyl (C=O) groups is 1. The first kappa shape index (κ1) is 14.8. The molecule has 2 rings (SSSR count). The van der Waals surface area contributed by atoms with Crippen molar-refractivity contribution in [1.82, 2.24) is 0 Å². The molecule has 20 heavy (non-hydrogen) atoms. The Hall–Kier alpha value is -1.62. The zero-order valence-electron chi connectivity index (χ0n) is 9.98. The molecule has 0 saturated carbocycles. The SMILES string of the molecule is O=C(O)C(O)c1cccc(F)c1-c1ccc(Cl)cc1Cl. The number of carboxylic acid groups (broad SMARTS) is 1. The van der Waals surface area contributed by atoms with Gasteiger partial charge in [-0.15, -0.1) is 0 Å². The van der Waals surface area contributed by atoms with Crippen LogP contribution in [0.4, 0.5) is 4.39 Å². The van der Waals surface area contributed by atoms with Crippen LogP contribution >= 0.6 is 23.2 Å². The van der Waals surface area contributed by atoms with Crippen molar-refractivity contribution < 1.29 is 19.4 Å². The molecule has 0 amide bonds.